The second-order valence-corrected chi connectivity index (χ2v) is 4.48. The van der Waals surface area contributed by atoms with Crippen molar-refractivity contribution < 1.29 is 4.92 Å². The average Bonchev–Trinajstić information content (AvgIpc) is 2.92. The third-order valence-corrected chi connectivity index (χ3v) is 3.14. The number of nitriles is 1. The monoisotopic (exact) mass is 274 g/mol. The number of thiazole rings is 1. The molecule has 0 amide bonds. The van der Waals surface area contributed by atoms with Gasteiger partial charge in [0.05, 0.1) is 27.8 Å². The van der Waals surface area contributed by atoms with E-state index in [1.54, 1.807) is 17.6 Å². The number of nitro benzene ring substituents is 1. The quantitative estimate of drug-likeness (QED) is 0.668. The Morgan fingerprint density at radius 1 is 1.53 bits per heavy atom. The van der Waals surface area contributed by atoms with Crippen LogP contribution in [0.5, 0.6) is 0 Å². The molecular weight excluding hydrogens is 264 g/mol. The third kappa shape index (κ3) is 3.26. The molecule has 6 nitrogen and oxygen atoms in total. The first-order valence-corrected chi connectivity index (χ1v) is 6.44. The predicted octanol–water partition coefficient (Wildman–Crippen LogP) is 2.58. The van der Waals surface area contributed by atoms with Gasteiger partial charge in [-0.3, -0.25) is 10.1 Å². The zero-order valence-corrected chi connectivity index (χ0v) is 10.7. The van der Waals surface area contributed by atoms with E-state index in [1.807, 2.05) is 11.4 Å². The Hall–Kier alpha value is -2.46. The third-order valence-electron chi connectivity index (χ3n) is 2.50. The van der Waals surface area contributed by atoms with Gasteiger partial charge in [0.2, 0.25) is 0 Å². The van der Waals surface area contributed by atoms with Crippen LogP contribution >= 0.6 is 11.3 Å². The number of nitro groups is 1. The Kier molecular flexibility index (Phi) is 4.05. The molecule has 7 heteroatoms. The molecule has 1 heterocycles. The Morgan fingerprint density at radius 3 is 3.00 bits per heavy atom. The molecule has 0 spiro atoms. The summed E-state index contributed by atoms with van der Waals surface area (Å²) in [4.78, 5) is 14.6. The standard InChI is InChI=1S/C12H10N4O2S/c13-6-9-1-2-11(12(5-9)16(17)18)14-4-3-10-7-19-8-15-10/h1-2,5,7-8,14H,3-4H2. The van der Waals surface area contributed by atoms with Crippen LogP contribution in [0, 0.1) is 21.4 Å². The van der Waals surface area contributed by atoms with Crippen LogP contribution in [0.2, 0.25) is 0 Å². The molecule has 0 radical (unpaired) electrons. The summed E-state index contributed by atoms with van der Waals surface area (Å²) in [5, 5.41) is 24.6. The molecule has 19 heavy (non-hydrogen) atoms. The molecule has 0 aliphatic rings. The van der Waals surface area contributed by atoms with Gasteiger partial charge < -0.3 is 5.32 Å². The number of rotatable bonds is 5. The van der Waals surface area contributed by atoms with Crippen molar-refractivity contribution in [2.45, 2.75) is 6.42 Å². The highest BCUT2D eigenvalue weighted by atomic mass is 32.1. The van der Waals surface area contributed by atoms with Gasteiger partial charge in [0.1, 0.15) is 5.69 Å². The average molecular weight is 274 g/mol. The zero-order chi connectivity index (χ0) is 13.7. The van der Waals surface area contributed by atoms with Crippen LogP contribution in [-0.4, -0.2) is 16.5 Å². The van der Waals surface area contributed by atoms with Gasteiger partial charge in [-0.05, 0) is 12.1 Å². The Balaban J connectivity index is 2.07. The smallest absolute Gasteiger partial charge is 0.293 e. The minimum absolute atomic E-state index is 0.0858. The number of nitrogens with zero attached hydrogens (tertiary/aromatic N) is 3. The molecule has 1 aromatic carbocycles. The van der Waals surface area contributed by atoms with Gasteiger partial charge >= 0.3 is 0 Å². The molecule has 0 saturated carbocycles. The Bertz CT molecular complexity index is 619. The molecule has 96 valence electrons. The van der Waals surface area contributed by atoms with Gasteiger partial charge in [0.25, 0.3) is 5.69 Å². The lowest BCUT2D eigenvalue weighted by Gasteiger charge is -2.06. The van der Waals surface area contributed by atoms with Crippen LogP contribution in [0.15, 0.2) is 29.1 Å². The van der Waals surface area contributed by atoms with Crippen LogP contribution < -0.4 is 5.32 Å². The SMILES string of the molecule is N#Cc1ccc(NCCc2cscn2)c([N+](=O)[O-])c1. The topological polar surface area (TPSA) is 91.8 Å². The van der Waals surface area contributed by atoms with Crippen molar-refractivity contribution >= 4 is 22.7 Å². The van der Waals surface area contributed by atoms with Crippen molar-refractivity contribution in [2.24, 2.45) is 0 Å². The molecule has 0 unspecified atom stereocenters. The number of aromatic nitrogens is 1. The zero-order valence-electron chi connectivity index (χ0n) is 9.87. The molecule has 0 fully saturated rings. The minimum atomic E-state index is -0.494. The van der Waals surface area contributed by atoms with E-state index in [9.17, 15) is 10.1 Å². The highest BCUT2D eigenvalue weighted by Crippen LogP contribution is 2.25. The number of nitrogens with one attached hydrogen (secondary N) is 1. The maximum absolute atomic E-state index is 10.9. The molecule has 0 saturated heterocycles. The largest absolute Gasteiger partial charge is 0.379 e. The van der Waals surface area contributed by atoms with Gasteiger partial charge in [0.15, 0.2) is 0 Å². The first kappa shape index (κ1) is 13.0. The van der Waals surface area contributed by atoms with Crippen molar-refractivity contribution in [1.82, 2.24) is 4.98 Å². The summed E-state index contributed by atoms with van der Waals surface area (Å²) in [7, 11) is 0. The van der Waals surface area contributed by atoms with Crippen LogP contribution in [0.25, 0.3) is 0 Å². The molecule has 1 aromatic heterocycles. The van der Waals surface area contributed by atoms with E-state index in [1.165, 1.54) is 17.4 Å². The van der Waals surface area contributed by atoms with Gasteiger partial charge in [-0.2, -0.15) is 5.26 Å². The summed E-state index contributed by atoms with van der Waals surface area (Å²) in [6.07, 6.45) is 0.695. The summed E-state index contributed by atoms with van der Waals surface area (Å²) >= 11 is 1.52. The summed E-state index contributed by atoms with van der Waals surface area (Å²) < 4.78 is 0. The van der Waals surface area contributed by atoms with Crippen molar-refractivity contribution in [3.8, 4) is 6.07 Å². The molecule has 0 aliphatic heterocycles. The van der Waals surface area contributed by atoms with Crippen LogP contribution in [-0.2, 0) is 6.42 Å². The molecule has 0 aliphatic carbocycles. The molecule has 0 atom stereocenters. The second-order valence-electron chi connectivity index (χ2n) is 3.76. The summed E-state index contributed by atoms with van der Waals surface area (Å²) in [5.74, 6) is 0. The second kappa shape index (κ2) is 5.93. The van der Waals surface area contributed by atoms with Crippen molar-refractivity contribution in [2.75, 3.05) is 11.9 Å². The molecular formula is C12H10N4O2S. The molecule has 2 aromatic rings. The van der Waals surface area contributed by atoms with Crippen molar-refractivity contribution in [1.29, 1.82) is 5.26 Å². The van der Waals surface area contributed by atoms with Crippen LogP contribution in [0.1, 0.15) is 11.3 Å². The fourth-order valence-corrected chi connectivity index (χ4v) is 2.18. The van der Waals surface area contributed by atoms with Gasteiger partial charge in [0, 0.05) is 24.4 Å². The normalized spacial score (nSPS) is 9.84. The lowest BCUT2D eigenvalue weighted by Crippen LogP contribution is -2.07. The van der Waals surface area contributed by atoms with E-state index < -0.39 is 4.92 Å². The highest BCUT2D eigenvalue weighted by Gasteiger charge is 2.14. The number of hydrogen-bond acceptors (Lipinski definition) is 6. The lowest BCUT2D eigenvalue weighted by atomic mass is 10.2. The Morgan fingerprint density at radius 2 is 2.37 bits per heavy atom. The van der Waals surface area contributed by atoms with E-state index in [0.29, 0.717) is 18.7 Å². The van der Waals surface area contributed by atoms with E-state index in [0.717, 1.165) is 5.69 Å². The lowest BCUT2D eigenvalue weighted by molar-refractivity contribution is -0.384. The van der Waals surface area contributed by atoms with E-state index in [-0.39, 0.29) is 11.3 Å². The van der Waals surface area contributed by atoms with Crippen LogP contribution in [0.3, 0.4) is 0 Å². The fourth-order valence-electron chi connectivity index (χ4n) is 1.59. The maximum atomic E-state index is 10.9. The summed E-state index contributed by atoms with van der Waals surface area (Å²) in [5.41, 5.74) is 3.31. The van der Waals surface area contributed by atoms with Gasteiger partial charge in [-0.25, -0.2) is 4.98 Å². The van der Waals surface area contributed by atoms with E-state index in [2.05, 4.69) is 10.3 Å². The number of benzene rings is 1. The number of anilines is 1. The van der Waals surface area contributed by atoms with Gasteiger partial charge in [-0.15, -0.1) is 11.3 Å². The van der Waals surface area contributed by atoms with Crippen molar-refractivity contribution in [3.63, 3.8) is 0 Å². The summed E-state index contributed by atoms with van der Waals surface area (Å²) in [6.45, 7) is 0.552. The molecule has 2 rings (SSSR count). The predicted molar refractivity (Wildman–Crippen MR) is 72.1 cm³/mol. The first-order valence-electron chi connectivity index (χ1n) is 5.50. The molecule has 1 N–H and O–H groups in total. The van der Waals surface area contributed by atoms with E-state index in [4.69, 9.17) is 5.26 Å². The first-order chi connectivity index (χ1) is 9.20. The van der Waals surface area contributed by atoms with E-state index >= 15 is 0 Å². The van der Waals surface area contributed by atoms with Crippen LogP contribution in [0.4, 0.5) is 11.4 Å². The maximum Gasteiger partial charge on any atom is 0.293 e. The van der Waals surface area contributed by atoms with Crippen molar-refractivity contribution in [3.05, 3.63) is 50.5 Å². The summed E-state index contributed by atoms with van der Waals surface area (Å²) in [6, 6.07) is 6.26. The highest BCUT2D eigenvalue weighted by molar-refractivity contribution is 7.07. The number of hydrogen-bond donors (Lipinski definition) is 1. The van der Waals surface area contributed by atoms with Gasteiger partial charge in [-0.1, -0.05) is 0 Å². The Labute approximate surface area is 113 Å². The minimum Gasteiger partial charge on any atom is -0.379 e. The fraction of sp³-hybridized carbons (Fsp3) is 0.167. The molecule has 0 bridgehead atoms.